The van der Waals surface area contributed by atoms with Crippen molar-refractivity contribution in [3.63, 3.8) is 0 Å². The van der Waals surface area contributed by atoms with Crippen LogP contribution in [0.4, 0.5) is 5.69 Å². The number of amides is 1. The van der Waals surface area contributed by atoms with Crippen molar-refractivity contribution in [2.75, 3.05) is 25.0 Å². The number of para-hydroxylation sites is 1. The molecule has 2 saturated heterocycles. The average Bonchev–Trinajstić information content (AvgIpc) is 3.67. The number of allylic oxidation sites excluding steroid dienone is 1. The number of phenolic OH excluding ortho intramolecular Hbond substituents is 1. The summed E-state index contributed by atoms with van der Waals surface area (Å²) in [6.45, 7) is 14.4. The van der Waals surface area contributed by atoms with Gasteiger partial charge in [0.25, 0.3) is 5.91 Å². The third kappa shape index (κ3) is 8.14. The van der Waals surface area contributed by atoms with Gasteiger partial charge < -0.3 is 35.0 Å². The summed E-state index contributed by atoms with van der Waals surface area (Å²) in [4.78, 5) is 15.1. The fourth-order valence-electron chi connectivity index (χ4n) is 4.77. The number of benzene rings is 1. The predicted octanol–water partition coefficient (Wildman–Crippen LogP) is 5.70. The average molecular weight is 517 g/mol. The molecule has 1 amide bonds. The number of ether oxygens (including phenoxy) is 2. The van der Waals surface area contributed by atoms with Gasteiger partial charge in [-0.05, 0) is 83.9 Å². The largest absolute Gasteiger partial charge is 0.513 e. The van der Waals surface area contributed by atoms with E-state index >= 15 is 0 Å². The van der Waals surface area contributed by atoms with Crippen molar-refractivity contribution in [2.24, 2.45) is 5.92 Å². The molecule has 8 heteroatoms. The van der Waals surface area contributed by atoms with Crippen molar-refractivity contribution in [2.45, 2.75) is 90.1 Å². The van der Waals surface area contributed by atoms with Gasteiger partial charge in [-0.3, -0.25) is 4.79 Å². The lowest BCUT2D eigenvalue weighted by molar-refractivity contribution is 0.0764. The van der Waals surface area contributed by atoms with Gasteiger partial charge in [0.1, 0.15) is 11.5 Å². The molecule has 0 aromatic heterocycles. The van der Waals surface area contributed by atoms with Gasteiger partial charge in [0, 0.05) is 13.1 Å². The first kappa shape index (κ1) is 28.9. The van der Waals surface area contributed by atoms with Gasteiger partial charge in [-0.25, -0.2) is 0 Å². The molecule has 0 spiro atoms. The smallest absolute Gasteiger partial charge is 0.256 e. The van der Waals surface area contributed by atoms with Crippen molar-refractivity contribution >= 4 is 11.6 Å². The maximum Gasteiger partial charge on any atom is 0.256 e. The van der Waals surface area contributed by atoms with E-state index in [4.69, 9.17) is 9.47 Å². The maximum atomic E-state index is 13.5. The molecule has 4 unspecified atom stereocenters. The third-order valence-electron chi connectivity index (χ3n) is 7.55. The summed E-state index contributed by atoms with van der Waals surface area (Å²) in [5.74, 6) is 0.0650. The van der Waals surface area contributed by atoms with Crippen LogP contribution in [0.25, 0.3) is 0 Å². The molecule has 0 aliphatic carbocycles. The second-order valence-corrected chi connectivity index (χ2v) is 11.4. The number of aliphatic hydroxyl groups excluding tert-OH is 2. The Morgan fingerprint density at radius 3 is 2.51 bits per heavy atom. The zero-order valence-electron chi connectivity index (χ0n) is 22.9. The molecule has 37 heavy (non-hydrogen) atoms. The van der Waals surface area contributed by atoms with Crippen molar-refractivity contribution in [1.82, 2.24) is 4.90 Å². The van der Waals surface area contributed by atoms with Crippen molar-refractivity contribution in [3.05, 3.63) is 47.9 Å². The van der Waals surface area contributed by atoms with E-state index in [0.29, 0.717) is 24.1 Å². The number of anilines is 1. The molecular formula is C29H44N2O6. The van der Waals surface area contributed by atoms with E-state index in [1.165, 1.54) is 6.07 Å². The van der Waals surface area contributed by atoms with E-state index in [9.17, 15) is 20.1 Å². The number of rotatable bonds is 15. The molecule has 4 N–H and O–H groups in total. The number of phenols is 1. The molecule has 1 aromatic rings. The lowest BCUT2D eigenvalue weighted by Crippen LogP contribution is -2.33. The van der Waals surface area contributed by atoms with Crippen molar-refractivity contribution < 1.29 is 29.6 Å². The number of aromatic hydroxyl groups is 1. The molecule has 8 nitrogen and oxygen atoms in total. The Labute approximate surface area is 221 Å². The standard InChI is InChI=1S/C29H44N2O6/c1-19(10-11-25-29(6,37-25)15-12-24-28(4,5)36-24)13-16-31(17-14-20(2)32)27(35)22-8-7-9-23(34)26(22)30-18-21(3)33/h7-9,14,19,24-25,30,32-34H,3,10-13,15-18H2,1-2,4-6H3/b20-14+. The summed E-state index contributed by atoms with van der Waals surface area (Å²) in [7, 11) is 0. The SMILES string of the molecule is C=C(O)CNc1c(O)cccc1C(=O)N(C/C=C(\C)O)CCC(C)CCC1OC1(C)CCC1OC1(C)C. The van der Waals surface area contributed by atoms with Crippen LogP contribution in [0.3, 0.4) is 0 Å². The lowest BCUT2D eigenvalue weighted by atomic mass is 9.92. The Morgan fingerprint density at radius 1 is 1.19 bits per heavy atom. The molecule has 0 saturated carbocycles. The van der Waals surface area contributed by atoms with E-state index < -0.39 is 0 Å². The number of hydrogen-bond donors (Lipinski definition) is 4. The van der Waals surface area contributed by atoms with Crippen molar-refractivity contribution in [3.8, 4) is 5.75 Å². The Bertz CT molecular complexity index is 1000. The normalized spacial score (nSPS) is 24.8. The number of nitrogens with zero attached hydrogens (tertiary/aromatic N) is 1. The summed E-state index contributed by atoms with van der Waals surface area (Å²) in [5.41, 5.74) is 0.509. The Balaban J connectivity index is 1.54. The summed E-state index contributed by atoms with van der Waals surface area (Å²) in [6.07, 6.45) is 7.05. The van der Waals surface area contributed by atoms with Crippen LogP contribution >= 0.6 is 0 Å². The Kier molecular flexibility index (Phi) is 9.18. The highest BCUT2D eigenvalue weighted by atomic mass is 16.6. The molecule has 2 aliphatic heterocycles. The van der Waals surface area contributed by atoms with Gasteiger partial charge in [0.2, 0.25) is 0 Å². The Hall–Kier alpha value is -2.71. The van der Waals surface area contributed by atoms with Crippen LogP contribution in [0.2, 0.25) is 0 Å². The molecule has 3 rings (SSSR count). The second kappa shape index (κ2) is 11.8. The van der Waals surface area contributed by atoms with Crippen LogP contribution in [0, 0.1) is 5.92 Å². The fraction of sp³-hybridized carbons (Fsp3) is 0.621. The summed E-state index contributed by atoms with van der Waals surface area (Å²) in [5, 5.41) is 32.4. The van der Waals surface area contributed by atoms with E-state index in [2.05, 4.69) is 39.6 Å². The minimum absolute atomic E-state index is 0.0120. The van der Waals surface area contributed by atoms with E-state index in [1.54, 1.807) is 30.0 Å². The number of carbonyl (C=O) groups is 1. The van der Waals surface area contributed by atoms with E-state index in [0.717, 1.165) is 32.1 Å². The third-order valence-corrected chi connectivity index (χ3v) is 7.55. The highest BCUT2D eigenvalue weighted by Crippen LogP contribution is 2.47. The zero-order valence-corrected chi connectivity index (χ0v) is 22.9. The highest BCUT2D eigenvalue weighted by molar-refractivity contribution is 6.01. The van der Waals surface area contributed by atoms with Crippen LogP contribution in [0.1, 0.15) is 77.1 Å². The number of hydrogen-bond acceptors (Lipinski definition) is 7. The van der Waals surface area contributed by atoms with Crippen molar-refractivity contribution in [1.29, 1.82) is 0 Å². The number of nitrogens with one attached hydrogen (secondary N) is 1. The molecule has 206 valence electrons. The molecule has 0 bridgehead atoms. The summed E-state index contributed by atoms with van der Waals surface area (Å²) >= 11 is 0. The molecule has 2 heterocycles. The predicted molar refractivity (Wildman–Crippen MR) is 145 cm³/mol. The van der Waals surface area contributed by atoms with E-state index in [-0.39, 0.29) is 59.3 Å². The van der Waals surface area contributed by atoms with Crippen LogP contribution in [0.5, 0.6) is 5.75 Å². The Morgan fingerprint density at radius 2 is 1.89 bits per heavy atom. The van der Waals surface area contributed by atoms with E-state index in [1.807, 2.05) is 0 Å². The molecular weight excluding hydrogens is 472 g/mol. The van der Waals surface area contributed by atoms with Crippen LogP contribution in [-0.2, 0) is 9.47 Å². The van der Waals surface area contributed by atoms with Gasteiger partial charge in [0.05, 0.1) is 47.0 Å². The lowest BCUT2D eigenvalue weighted by Gasteiger charge is -2.25. The topological polar surface area (TPSA) is 118 Å². The van der Waals surface area contributed by atoms with Gasteiger partial charge in [-0.15, -0.1) is 0 Å². The molecule has 2 aliphatic rings. The monoisotopic (exact) mass is 516 g/mol. The van der Waals surface area contributed by atoms with Crippen LogP contribution in [0.15, 0.2) is 42.4 Å². The summed E-state index contributed by atoms with van der Waals surface area (Å²) in [6, 6.07) is 4.73. The number of epoxide rings is 2. The minimum Gasteiger partial charge on any atom is -0.513 e. The first-order valence-corrected chi connectivity index (χ1v) is 13.3. The van der Waals surface area contributed by atoms with Gasteiger partial charge >= 0.3 is 0 Å². The fourth-order valence-corrected chi connectivity index (χ4v) is 4.77. The molecule has 0 radical (unpaired) electrons. The highest BCUT2D eigenvalue weighted by Gasteiger charge is 2.54. The first-order valence-electron chi connectivity index (χ1n) is 13.3. The number of carbonyl (C=O) groups excluding carboxylic acids is 1. The molecule has 2 fully saturated rings. The van der Waals surface area contributed by atoms with Gasteiger partial charge in [0.15, 0.2) is 0 Å². The second-order valence-electron chi connectivity index (χ2n) is 11.4. The molecule has 1 aromatic carbocycles. The minimum atomic E-state index is -0.269. The van der Waals surface area contributed by atoms with Crippen LogP contribution in [-0.4, -0.2) is 69.2 Å². The van der Waals surface area contributed by atoms with Crippen LogP contribution < -0.4 is 5.32 Å². The number of aliphatic hydroxyl groups is 2. The summed E-state index contributed by atoms with van der Waals surface area (Å²) < 4.78 is 11.7. The first-order chi connectivity index (χ1) is 17.3. The molecule has 4 atom stereocenters. The zero-order chi connectivity index (χ0) is 27.4. The maximum absolute atomic E-state index is 13.5. The quantitative estimate of drug-likeness (QED) is 0.134. The van der Waals surface area contributed by atoms with Gasteiger partial charge in [-0.2, -0.15) is 0 Å². The van der Waals surface area contributed by atoms with Gasteiger partial charge in [-0.1, -0.05) is 19.6 Å².